The van der Waals surface area contributed by atoms with Gasteiger partial charge in [0, 0.05) is 6.54 Å². The van der Waals surface area contributed by atoms with E-state index in [-0.39, 0.29) is 17.2 Å². The van der Waals surface area contributed by atoms with Crippen LogP contribution < -0.4 is 4.74 Å². The molecule has 1 N–H and O–H groups in total. The lowest BCUT2D eigenvalue weighted by Gasteiger charge is -2.24. The predicted molar refractivity (Wildman–Crippen MR) is 125 cm³/mol. The number of ether oxygens (including phenoxy) is 1. The molecular weight excluding hydrogens is 482 g/mol. The topological polar surface area (TPSA) is 127 Å². The summed E-state index contributed by atoms with van der Waals surface area (Å²) in [4.78, 5) is 12.8. The number of hydrogen-bond donors (Lipinski definition) is 1. The number of esters is 1. The van der Waals surface area contributed by atoms with Crippen molar-refractivity contribution in [2.24, 2.45) is 0 Å². The fraction of sp³-hybridized carbons (Fsp3) is 0.435. The van der Waals surface area contributed by atoms with E-state index in [4.69, 9.17) is 9.29 Å². The van der Waals surface area contributed by atoms with Crippen LogP contribution in [0.4, 0.5) is 0 Å². The fourth-order valence-electron chi connectivity index (χ4n) is 4.01. The van der Waals surface area contributed by atoms with Gasteiger partial charge in [-0.25, -0.2) is 12.6 Å². The van der Waals surface area contributed by atoms with Gasteiger partial charge in [0.25, 0.3) is 0 Å². The van der Waals surface area contributed by atoms with Gasteiger partial charge in [0.1, 0.15) is 5.75 Å². The third-order valence-corrected chi connectivity index (χ3v) is 8.25. The highest BCUT2D eigenvalue weighted by molar-refractivity contribution is 7.89. The van der Waals surface area contributed by atoms with Crippen molar-refractivity contribution in [2.45, 2.75) is 56.9 Å². The summed E-state index contributed by atoms with van der Waals surface area (Å²) in [5.41, 5.74) is 2.41. The van der Waals surface area contributed by atoms with Crippen LogP contribution >= 0.6 is 0 Å². The Morgan fingerprint density at radius 3 is 2.38 bits per heavy atom. The molecule has 0 bridgehead atoms. The van der Waals surface area contributed by atoms with E-state index in [9.17, 15) is 21.6 Å². The summed E-state index contributed by atoms with van der Waals surface area (Å²) in [5, 5.41) is 0. The lowest BCUT2D eigenvalue weighted by molar-refractivity contribution is -0.136. The number of aryl methyl sites for hydroxylation is 2. The third-order valence-electron chi connectivity index (χ3n) is 5.87. The standard InChI is InChI=1S/C23H29NO8S2/c1-4-21(18-9-7-16(2)8-10-18)23(25)32-22-12-11-20(14-17(22)3)33(26,27)24-13-5-6-19(24)15-31-34(28,29)30/h7-12,14,19,21H,4-6,13,15H2,1-3H3,(H,28,29,30)/t19-,21?/m0/s1. The highest BCUT2D eigenvalue weighted by Gasteiger charge is 2.36. The van der Waals surface area contributed by atoms with Crippen LogP contribution in [0, 0.1) is 13.8 Å². The number of rotatable bonds is 9. The molecule has 0 amide bonds. The minimum Gasteiger partial charge on any atom is -0.426 e. The number of sulfonamides is 1. The maximum Gasteiger partial charge on any atom is 0.397 e. The molecule has 0 radical (unpaired) electrons. The summed E-state index contributed by atoms with van der Waals surface area (Å²) in [6.07, 6.45) is 1.49. The molecule has 2 atom stereocenters. The van der Waals surface area contributed by atoms with Crippen LogP contribution in [-0.2, 0) is 29.4 Å². The summed E-state index contributed by atoms with van der Waals surface area (Å²) in [7, 11) is -8.63. The van der Waals surface area contributed by atoms with Gasteiger partial charge in [0.05, 0.1) is 23.5 Å². The van der Waals surface area contributed by atoms with Gasteiger partial charge in [-0.2, -0.15) is 12.7 Å². The second kappa shape index (κ2) is 10.5. The molecule has 11 heteroatoms. The van der Waals surface area contributed by atoms with Crippen LogP contribution in [0.2, 0.25) is 0 Å². The number of nitrogens with zero attached hydrogens (tertiary/aromatic N) is 1. The minimum atomic E-state index is -4.67. The Hall–Kier alpha value is -2.31. The zero-order valence-corrected chi connectivity index (χ0v) is 20.9. The lowest BCUT2D eigenvalue weighted by atomic mass is 9.96. The third kappa shape index (κ3) is 6.22. The first-order valence-electron chi connectivity index (χ1n) is 10.9. The molecule has 0 saturated carbocycles. The second-order valence-electron chi connectivity index (χ2n) is 8.34. The van der Waals surface area contributed by atoms with E-state index >= 15 is 0 Å². The van der Waals surface area contributed by atoms with Crippen molar-refractivity contribution in [1.29, 1.82) is 0 Å². The first-order chi connectivity index (χ1) is 15.9. The van der Waals surface area contributed by atoms with Gasteiger partial charge < -0.3 is 4.74 Å². The van der Waals surface area contributed by atoms with Gasteiger partial charge in [-0.15, -0.1) is 0 Å². The predicted octanol–water partition coefficient (Wildman–Crippen LogP) is 3.38. The van der Waals surface area contributed by atoms with E-state index in [1.165, 1.54) is 22.5 Å². The molecule has 186 valence electrons. The van der Waals surface area contributed by atoms with Crippen LogP contribution in [0.3, 0.4) is 0 Å². The van der Waals surface area contributed by atoms with Gasteiger partial charge in [0.2, 0.25) is 10.0 Å². The van der Waals surface area contributed by atoms with E-state index in [1.807, 2.05) is 38.1 Å². The first kappa shape index (κ1) is 26.3. The van der Waals surface area contributed by atoms with Gasteiger partial charge in [-0.3, -0.25) is 9.35 Å². The Morgan fingerprint density at radius 2 is 1.79 bits per heavy atom. The van der Waals surface area contributed by atoms with Crippen molar-refractivity contribution in [3.8, 4) is 5.75 Å². The minimum absolute atomic E-state index is 0.00543. The van der Waals surface area contributed by atoms with Crippen molar-refractivity contribution >= 4 is 26.4 Å². The fourth-order valence-corrected chi connectivity index (χ4v) is 6.10. The molecule has 0 aliphatic carbocycles. The van der Waals surface area contributed by atoms with Gasteiger partial charge in [-0.05, 0) is 62.4 Å². The van der Waals surface area contributed by atoms with Crippen LogP contribution in [0.25, 0.3) is 0 Å². The van der Waals surface area contributed by atoms with Crippen molar-refractivity contribution in [3.05, 3.63) is 59.2 Å². The lowest BCUT2D eigenvalue weighted by Crippen LogP contribution is -2.38. The highest BCUT2D eigenvalue weighted by Crippen LogP contribution is 2.30. The molecule has 1 fully saturated rings. The summed E-state index contributed by atoms with van der Waals surface area (Å²) in [5.74, 6) is -0.606. The van der Waals surface area contributed by atoms with Crippen LogP contribution in [0.1, 0.15) is 48.8 Å². The van der Waals surface area contributed by atoms with E-state index < -0.39 is 45.0 Å². The molecule has 1 unspecified atom stereocenters. The van der Waals surface area contributed by atoms with E-state index in [2.05, 4.69) is 4.18 Å². The molecule has 3 rings (SSSR count). The summed E-state index contributed by atoms with van der Waals surface area (Å²) in [6.45, 7) is 5.24. The number of hydrogen-bond acceptors (Lipinski definition) is 7. The second-order valence-corrected chi connectivity index (χ2v) is 11.3. The first-order valence-corrected chi connectivity index (χ1v) is 13.8. The molecular formula is C23H29NO8S2. The Kier molecular flexibility index (Phi) is 8.14. The maximum atomic E-state index is 13.2. The van der Waals surface area contributed by atoms with E-state index in [1.54, 1.807) is 6.92 Å². The molecule has 1 heterocycles. The van der Waals surface area contributed by atoms with Gasteiger partial charge >= 0.3 is 16.4 Å². The maximum absolute atomic E-state index is 13.2. The molecule has 2 aromatic carbocycles. The highest BCUT2D eigenvalue weighted by atomic mass is 32.3. The van der Waals surface area contributed by atoms with Crippen LogP contribution in [-0.4, -0.2) is 50.9 Å². The molecule has 1 aliphatic rings. The molecule has 2 aromatic rings. The molecule has 0 spiro atoms. The molecule has 1 saturated heterocycles. The van der Waals surface area contributed by atoms with Gasteiger partial charge in [0.15, 0.2) is 0 Å². The number of carbonyl (C=O) groups is 1. The zero-order chi connectivity index (χ0) is 25.1. The van der Waals surface area contributed by atoms with Gasteiger partial charge in [-0.1, -0.05) is 36.8 Å². The number of benzene rings is 2. The van der Waals surface area contributed by atoms with Crippen molar-refractivity contribution < 1.29 is 35.1 Å². The van der Waals surface area contributed by atoms with E-state index in [0.29, 0.717) is 24.8 Å². The zero-order valence-electron chi connectivity index (χ0n) is 19.3. The Labute approximate surface area is 200 Å². The summed E-state index contributed by atoms with van der Waals surface area (Å²) >= 11 is 0. The Bertz CT molecular complexity index is 1240. The Balaban J connectivity index is 1.77. The van der Waals surface area contributed by atoms with E-state index in [0.717, 1.165) is 11.1 Å². The largest absolute Gasteiger partial charge is 0.426 e. The Morgan fingerprint density at radius 1 is 1.12 bits per heavy atom. The molecule has 9 nitrogen and oxygen atoms in total. The average Bonchev–Trinajstić information content (AvgIpc) is 3.25. The van der Waals surface area contributed by atoms with Crippen LogP contribution in [0.5, 0.6) is 5.75 Å². The summed E-state index contributed by atoms with van der Waals surface area (Å²) < 4.78 is 68.1. The normalized spacial score (nSPS) is 18.1. The van der Waals surface area contributed by atoms with Crippen molar-refractivity contribution in [3.63, 3.8) is 0 Å². The number of carbonyl (C=O) groups excluding carboxylic acids is 1. The monoisotopic (exact) mass is 511 g/mol. The summed E-state index contributed by atoms with van der Waals surface area (Å²) in [6, 6.07) is 11.2. The average molecular weight is 512 g/mol. The quantitative estimate of drug-likeness (QED) is 0.308. The molecule has 34 heavy (non-hydrogen) atoms. The van der Waals surface area contributed by atoms with Crippen LogP contribution in [0.15, 0.2) is 47.4 Å². The SMILES string of the molecule is CCC(C(=O)Oc1ccc(S(=O)(=O)N2CCC[C@H]2COS(=O)(=O)O)cc1C)c1ccc(C)cc1. The molecule has 0 aromatic heterocycles. The molecule has 1 aliphatic heterocycles. The smallest absolute Gasteiger partial charge is 0.397 e. The van der Waals surface area contributed by atoms with Crippen molar-refractivity contribution in [2.75, 3.05) is 13.2 Å². The van der Waals surface area contributed by atoms with Crippen molar-refractivity contribution in [1.82, 2.24) is 4.31 Å².